The SMILES string of the molecule is CC[Si](CC)(CC)O[C@@H]1C[C@@H](O[Si](CC)(CC)CC)CC2(C1)OC2C=C1CCC[C@]2(C)C([C@H](C)OC(=O)CCC(C)(O[Si](C)(C)C)C(F)(F)F)=CC[C@@H]12. The zero-order valence-corrected chi connectivity index (χ0v) is 38.2. The third kappa shape index (κ3) is 10.0. The molecule has 3 fully saturated rings. The summed E-state index contributed by atoms with van der Waals surface area (Å²) in [7, 11) is -6.17. The fourth-order valence-electron chi connectivity index (χ4n) is 10.2. The zero-order valence-electron chi connectivity index (χ0n) is 35.2. The number of allylic oxidation sites excluding steroid dienone is 2. The zero-order chi connectivity index (χ0) is 39.7. The second-order valence-electron chi connectivity index (χ2n) is 18.2. The predicted molar refractivity (Wildman–Crippen MR) is 216 cm³/mol. The average Bonchev–Trinajstić information content (AvgIpc) is 3.57. The Labute approximate surface area is 323 Å². The number of carbonyl (C=O) groups is 1. The Balaban J connectivity index is 1.47. The van der Waals surface area contributed by atoms with Crippen LogP contribution in [0.2, 0.25) is 55.9 Å². The van der Waals surface area contributed by atoms with Gasteiger partial charge < -0.3 is 22.8 Å². The Morgan fingerprint density at radius 2 is 1.49 bits per heavy atom. The number of rotatable bonds is 18. The van der Waals surface area contributed by atoms with Gasteiger partial charge in [-0.15, -0.1) is 0 Å². The van der Waals surface area contributed by atoms with Crippen LogP contribution in [-0.4, -0.2) is 72.7 Å². The van der Waals surface area contributed by atoms with Crippen molar-refractivity contribution in [3.05, 3.63) is 23.3 Å². The summed E-state index contributed by atoms with van der Waals surface area (Å²) >= 11 is 0. The van der Waals surface area contributed by atoms with Gasteiger partial charge in [-0.3, -0.25) is 4.79 Å². The largest absolute Gasteiger partial charge is 0.458 e. The van der Waals surface area contributed by atoms with Gasteiger partial charge in [-0.25, -0.2) is 0 Å². The van der Waals surface area contributed by atoms with Crippen molar-refractivity contribution < 1.29 is 40.7 Å². The number of carbonyl (C=O) groups excluding carboxylic acids is 1. The van der Waals surface area contributed by atoms with Gasteiger partial charge in [0.1, 0.15) is 23.4 Å². The topological polar surface area (TPSA) is 66.5 Å². The van der Waals surface area contributed by atoms with Crippen molar-refractivity contribution in [2.45, 2.75) is 218 Å². The molecule has 0 amide bonds. The van der Waals surface area contributed by atoms with Crippen molar-refractivity contribution >= 4 is 30.9 Å². The Morgan fingerprint density at radius 3 is 1.96 bits per heavy atom. The molecule has 2 unspecified atom stereocenters. The minimum absolute atomic E-state index is 0.0415. The van der Waals surface area contributed by atoms with Crippen LogP contribution in [0.5, 0.6) is 0 Å². The molecule has 306 valence electrons. The van der Waals surface area contributed by atoms with E-state index in [4.69, 9.17) is 22.8 Å². The van der Waals surface area contributed by atoms with E-state index in [1.165, 1.54) is 5.57 Å². The van der Waals surface area contributed by atoms with E-state index in [-0.39, 0.29) is 41.7 Å². The Morgan fingerprint density at radius 1 is 0.962 bits per heavy atom. The fourth-order valence-corrected chi connectivity index (χ4v) is 17.5. The highest BCUT2D eigenvalue weighted by Gasteiger charge is 2.61. The lowest BCUT2D eigenvalue weighted by atomic mass is 9.63. The third-order valence-electron chi connectivity index (χ3n) is 13.9. The third-order valence-corrected chi connectivity index (χ3v) is 24.3. The van der Waals surface area contributed by atoms with Crippen molar-refractivity contribution in [2.75, 3.05) is 0 Å². The summed E-state index contributed by atoms with van der Waals surface area (Å²) in [5.74, 6) is -0.330. The second kappa shape index (κ2) is 17.0. The van der Waals surface area contributed by atoms with Gasteiger partial charge in [0.05, 0.1) is 12.2 Å². The molecule has 3 aliphatic carbocycles. The summed E-state index contributed by atoms with van der Waals surface area (Å²) in [6.07, 6.45) is 5.80. The number of epoxide rings is 1. The molecule has 0 aromatic heterocycles. The van der Waals surface area contributed by atoms with Gasteiger partial charge in [-0.1, -0.05) is 66.2 Å². The average molecular weight is 803 g/mol. The van der Waals surface area contributed by atoms with E-state index in [9.17, 15) is 18.0 Å². The molecular weight excluding hydrogens is 730 g/mol. The summed E-state index contributed by atoms with van der Waals surface area (Å²) in [6, 6.07) is 6.78. The molecule has 1 spiro atoms. The molecule has 6 nitrogen and oxygen atoms in total. The quantitative estimate of drug-likeness (QED) is 0.0595. The van der Waals surface area contributed by atoms with E-state index in [2.05, 4.69) is 60.6 Å². The van der Waals surface area contributed by atoms with Gasteiger partial charge >= 0.3 is 12.1 Å². The first kappa shape index (κ1) is 44.9. The van der Waals surface area contributed by atoms with Crippen molar-refractivity contribution in [1.29, 1.82) is 0 Å². The number of ether oxygens (including phenoxy) is 2. The molecule has 1 aliphatic heterocycles. The van der Waals surface area contributed by atoms with E-state index >= 15 is 0 Å². The maximum absolute atomic E-state index is 14.0. The summed E-state index contributed by atoms with van der Waals surface area (Å²) in [5.41, 5.74) is -0.300. The normalized spacial score (nSPS) is 32.0. The van der Waals surface area contributed by atoms with Crippen LogP contribution in [0.25, 0.3) is 0 Å². The number of hydrogen-bond acceptors (Lipinski definition) is 6. The van der Waals surface area contributed by atoms with E-state index in [1.807, 2.05) is 6.92 Å². The Hall–Kier alpha value is -0.769. The van der Waals surface area contributed by atoms with E-state index in [0.717, 1.165) is 93.7 Å². The van der Waals surface area contributed by atoms with Crippen molar-refractivity contribution in [1.82, 2.24) is 0 Å². The predicted octanol–water partition coefficient (Wildman–Crippen LogP) is 12.0. The molecule has 1 heterocycles. The number of fused-ring (bicyclic) bond motifs is 1. The lowest BCUT2D eigenvalue weighted by Crippen LogP contribution is -2.51. The molecule has 12 heteroatoms. The van der Waals surface area contributed by atoms with Crippen LogP contribution in [-0.2, 0) is 27.5 Å². The Bertz CT molecular complexity index is 1280. The number of halogens is 3. The van der Waals surface area contributed by atoms with Gasteiger partial charge in [-0.05, 0) is 125 Å². The Kier molecular flexibility index (Phi) is 14.4. The van der Waals surface area contributed by atoms with Crippen molar-refractivity contribution in [3.63, 3.8) is 0 Å². The lowest BCUT2D eigenvalue weighted by Gasteiger charge is -2.43. The number of esters is 1. The standard InChI is InChI=1S/C41H73F3O6Si3/c1-13-52(14-2,15-3)48-32-27-33(49-53(16-4,17-5)18-6)29-40(28-32)36(47-40)26-31-20-19-24-38(8)34(21-22-35(31)38)30(7)46-37(45)23-25-39(9,41(42,43)44)50-51(10,11)12/h21,26,30,32-33,35-36H,13-20,22-25,27-29H2,1-12H3/t30-,32+,33+,35-,36?,38+,39?/m0/s1. The van der Waals surface area contributed by atoms with Crippen molar-refractivity contribution in [3.8, 4) is 0 Å². The van der Waals surface area contributed by atoms with Crippen LogP contribution in [0.4, 0.5) is 13.2 Å². The van der Waals surface area contributed by atoms with Gasteiger partial charge in [0, 0.05) is 19.3 Å². The minimum Gasteiger partial charge on any atom is -0.458 e. The number of hydrogen-bond donors (Lipinski definition) is 0. The molecular formula is C41H73F3O6Si3. The van der Waals surface area contributed by atoms with Gasteiger partial charge in [0.2, 0.25) is 0 Å². The van der Waals surface area contributed by atoms with Crippen LogP contribution < -0.4 is 0 Å². The first-order valence-electron chi connectivity index (χ1n) is 21.0. The van der Waals surface area contributed by atoms with E-state index < -0.39 is 55.2 Å². The van der Waals surface area contributed by atoms with Crippen molar-refractivity contribution in [2.24, 2.45) is 11.3 Å². The molecule has 4 rings (SSSR count). The van der Waals surface area contributed by atoms with Gasteiger partial charge in [-0.2, -0.15) is 13.2 Å². The molecule has 0 bridgehead atoms. The second-order valence-corrected chi connectivity index (χ2v) is 32.1. The maximum Gasteiger partial charge on any atom is 0.416 e. The summed E-state index contributed by atoms with van der Waals surface area (Å²) in [6.45, 7) is 24.2. The molecule has 53 heavy (non-hydrogen) atoms. The summed E-state index contributed by atoms with van der Waals surface area (Å²) in [5, 5.41) is 0. The molecule has 4 aliphatic rings. The fraction of sp³-hybridized carbons (Fsp3) is 0.878. The first-order valence-corrected chi connectivity index (χ1v) is 29.5. The van der Waals surface area contributed by atoms with Gasteiger partial charge in [0.25, 0.3) is 0 Å². The number of alkyl halides is 3. The maximum atomic E-state index is 14.0. The molecule has 0 aromatic carbocycles. The van der Waals surface area contributed by atoms with E-state index in [1.54, 1.807) is 19.6 Å². The smallest absolute Gasteiger partial charge is 0.416 e. The molecule has 1 saturated heterocycles. The highest BCUT2D eigenvalue weighted by Crippen LogP contribution is 2.58. The monoisotopic (exact) mass is 802 g/mol. The molecule has 7 atom stereocenters. The first-order chi connectivity index (χ1) is 24.6. The van der Waals surface area contributed by atoms with Crippen LogP contribution in [0.15, 0.2) is 23.3 Å². The molecule has 0 N–H and O–H groups in total. The molecule has 0 radical (unpaired) electrons. The van der Waals surface area contributed by atoms with Crippen LogP contribution in [0, 0.1) is 11.3 Å². The van der Waals surface area contributed by atoms with Crippen LogP contribution in [0.1, 0.15) is 120 Å². The summed E-state index contributed by atoms with van der Waals surface area (Å²) < 4.78 is 74.7. The van der Waals surface area contributed by atoms with Crippen LogP contribution in [0.3, 0.4) is 0 Å². The van der Waals surface area contributed by atoms with Gasteiger partial charge in [0.15, 0.2) is 25.0 Å². The van der Waals surface area contributed by atoms with Crippen LogP contribution >= 0.6 is 0 Å². The van der Waals surface area contributed by atoms with E-state index in [0.29, 0.717) is 0 Å². The lowest BCUT2D eigenvalue weighted by molar-refractivity contribution is -0.247. The minimum atomic E-state index is -4.58. The highest BCUT2D eigenvalue weighted by atomic mass is 28.4. The molecule has 2 saturated carbocycles. The highest BCUT2D eigenvalue weighted by molar-refractivity contribution is 6.74. The summed E-state index contributed by atoms with van der Waals surface area (Å²) in [4.78, 5) is 13.0. The molecule has 0 aromatic rings.